The average molecular weight is 1890 g/mol. The topological polar surface area (TPSA) is 480 Å². The summed E-state index contributed by atoms with van der Waals surface area (Å²) in [6.45, 7) is 17.2. The maximum atomic E-state index is 12.7. The van der Waals surface area contributed by atoms with Gasteiger partial charge in [0.15, 0.2) is 44.7 Å². The number of methoxy groups -OCH3 is 4. The molecule has 10 heterocycles. The van der Waals surface area contributed by atoms with Gasteiger partial charge in [0.05, 0.1) is 86.1 Å². The van der Waals surface area contributed by atoms with E-state index in [4.69, 9.17) is 28.8 Å². The van der Waals surface area contributed by atoms with Gasteiger partial charge >= 0.3 is 6.18 Å². The smallest absolute Gasteiger partial charge is 0.422 e. The van der Waals surface area contributed by atoms with Crippen LogP contribution >= 0.6 is 0 Å². The van der Waals surface area contributed by atoms with Crippen LogP contribution in [0, 0.1) is 34.6 Å². The number of amides is 5. The number of likely N-dealkylation sites (N-methyl/N-ethyl adjacent to an activating group) is 2. The van der Waals surface area contributed by atoms with E-state index in [-0.39, 0.29) is 77.8 Å². The second-order valence-electron chi connectivity index (χ2n) is 32.5. The lowest BCUT2D eigenvalue weighted by Gasteiger charge is -2.23. The highest BCUT2D eigenvalue weighted by Crippen LogP contribution is 2.35. The summed E-state index contributed by atoms with van der Waals surface area (Å²) in [5.74, 6) is 2.22. The number of rotatable bonds is 30. The van der Waals surface area contributed by atoms with Crippen molar-refractivity contribution < 1.29 is 84.6 Å². The maximum absolute atomic E-state index is 12.7. The highest BCUT2D eigenvalue weighted by molar-refractivity contribution is 7.90. The molecule has 15 rings (SSSR count). The van der Waals surface area contributed by atoms with Crippen LogP contribution in [0.4, 0.5) is 71.3 Å². The van der Waals surface area contributed by atoms with Crippen molar-refractivity contribution in [3.63, 3.8) is 0 Å². The van der Waals surface area contributed by atoms with Crippen LogP contribution in [0.25, 0.3) is 28.2 Å². The largest absolute Gasteiger partial charge is 0.495 e. The number of aliphatic hydroxyl groups excluding tert-OH is 2. The fourth-order valence-electron chi connectivity index (χ4n) is 12.5. The van der Waals surface area contributed by atoms with E-state index in [2.05, 4.69) is 92.9 Å². The van der Waals surface area contributed by atoms with Crippen LogP contribution in [0.2, 0.25) is 0 Å². The Morgan fingerprint density at radius 3 is 1.06 bits per heavy atom. The number of aromatic nitrogens is 15. The Bertz CT molecular complexity index is 6940. The van der Waals surface area contributed by atoms with Gasteiger partial charge in [-0.05, 0) is 205 Å². The van der Waals surface area contributed by atoms with Crippen LogP contribution in [-0.2, 0) is 14.6 Å². The second kappa shape index (κ2) is 44.1. The van der Waals surface area contributed by atoms with Crippen molar-refractivity contribution in [2.24, 2.45) is 0 Å². The molecule has 10 aromatic heterocycles. The van der Waals surface area contributed by atoms with Crippen molar-refractivity contribution in [3.05, 3.63) is 233 Å². The van der Waals surface area contributed by atoms with Gasteiger partial charge in [-0.15, -0.1) is 25.5 Å². The summed E-state index contributed by atoms with van der Waals surface area (Å²) in [5.41, 5.74) is 11.2. The van der Waals surface area contributed by atoms with Crippen LogP contribution in [-0.4, -0.2) is 248 Å². The van der Waals surface area contributed by atoms with Crippen molar-refractivity contribution in [3.8, 4) is 28.7 Å². The van der Waals surface area contributed by atoms with E-state index < -0.39 is 39.7 Å². The molecular weight excluding hydrogens is 1780 g/mol. The van der Waals surface area contributed by atoms with Crippen LogP contribution < -0.4 is 66.2 Å². The molecule has 11 N–H and O–H groups in total. The number of pyridine rings is 5. The fraction of sp³-hybridized carbons (Fsp3) is 0.293. The molecule has 44 heteroatoms. The predicted octanol–water partition coefficient (Wildman–Crippen LogP) is 11.6. The number of hydrogen-bond donors (Lipinski definition) is 11. The SMILES string of the molecule is COc1cc(C(=O)N(C)CCN(C)C(C)=O)ccc1Nc1nc2ccc(C)cn2n1.COc1cc(C(=O)NC(C)(C)CO)ccc1Nc1nc2ccc(C)cn2n1.COc1cc(C(=O)NCC(C)(C)O)ccc1Nc1nc2ccc(C)cn2n1.COc1cc(S(C)(=O)=O)ccc1Nc1nc2ccc(C)cn2n1.Cc1ccc2nc(Nc3ccc(C(=O)NCCO)cc3OCC(F)(F)F)nn2c1. The van der Waals surface area contributed by atoms with Gasteiger partial charge in [-0.2, -0.15) is 38.1 Å². The van der Waals surface area contributed by atoms with E-state index in [9.17, 15) is 55.8 Å². The van der Waals surface area contributed by atoms with Crippen molar-refractivity contribution in [2.45, 2.75) is 91.4 Å². The molecule has 0 spiro atoms. The number of ether oxygens (including phenoxy) is 5. The molecule has 0 fully saturated rings. The number of sulfone groups is 1. The summed E-state index contributed by atoms with van der Waals surface area (Å²) in [6, 6.07) is 42.8. The zero-order chi connectivity index (χ0) is 98.7. The lowest BCUT2D eigenvalue weighted by atomic mass is 10.1. The first-order chi connectivity index (χ1) is 64.4. The number of fused-ring (bicyclic) bond motifs is 5. The van der Waals surface area contributed by atoms with E-state index in [1.54, 1.807) is 150 Å². The minimum absolute atomic E-state index is 0.0160. The Balaban J connectivity index is 0.000000164. The number of carbonyl (C=O) groups is 5. The fourth-order valence-corrected chi connectivity index (χ4v) is 13.2. The Labute approximate surface area is 779 Å². The molecule has 0 aliphatic heterocycles. The molecule has 5 aromatic carbocycles. The van der Waals surface area contributed by atoms with Crippen molar-refractivity contribution in [2.75, 3.05) is 121 Å². The number of aryl methyl sites for hydroxylation is 5. The molecule has 40 nitrogen and oxygen atoms in total. The molecule has 0 saturated heterocycles. The Hall–Kier alpha value is -15.8. The van der Waals surface area contributed by atoms with Gasteiger partial charge in [-0.1, -0.05) is 30.3 Å². The van der Waals surface area contributed by atoms with E-state index in [1.807, 2.05) is 114 Å². The third kappa shape index (κ3) is 27.9. The Kier molecular flexibility index (Phi) is 32.7. The van der Waals surface area contributed by atoms with Gasteiger partial charge in [-0.25, -0.2) is 31.0 Å². The van der Waals surface area contributed by atoms with Gasteiger partial charge in [-0.3, -0.25) is 24.0 Å². The summed E-state index contributed by atoms with van der Waals surface area (Å²) in [5, 5.41) is 72.7. The normalized spacial score (nSPS) is 11.3. The third-order valence-corrected chi connectivity index (χ3v) is 20.9. The first kappa shape index (κ1) is 101. The molecule has 15 aromatic rings. The lowest BCUT2D eigenvalue weighted by molar-refractivity contribution is -0.153. The zero-order valence-corrected chi connectivity index (χ0v) is 78.5. The number of anilines is 10. The standard InChI is InChI=1S/C21H26N6O3.2C19H23N5O3.C18H18F3N5O3.C15H16N4O3S/c1-14-6-9-19-23-21(24-27(19)13-14)22-17-8-7-16(12-18(17)30-5)20(29)26(4)11-10-25(3)15(2)28;1-12-5-8-16-21-18(23-24(16)10-12)20-14-7-6-13(9-15(14)27-4)17(26)22-19(2,3)11-25;1-12-5-8-16-22-18(23-24(16)10-12)21-14-7-6-13(9-15(14)27-4)17(25)20-11-19(2,3)26;1-11-2-5-15-24-17(25-26(15)9-11)23-13-4-3-12(16(28)22-6-7-27)8-14(13)29-10-18(19,20)21;1-10-4-7-14-17-15(18-19(14)9-10)16-12-6-5-11(23(3,20)21)8-13(12)22-2/h6-9,12-13H,10-11H2,1-5H3,(H,22,24);5-10,25H,11H2,1-4H3,(H,20,23)(H,22,26);5-10,26H,11H2,1-4H3,(H,20,25)(H,21,23);2-5,8-9,27H,6-7,10H2,1H3,(H,22,28)(H,23,25);4-9H,1-3H3,(H,16,18). The van der Waals surface area contributed by atoms with Gasteiger partial charge in [0, 0.05) is 113 Å². The lowest BCUT2D eigenvalue weighted by Crippen LogP contribution is -2.46. The van der Waals surface area contributed by atoms with Crippen molar-refractivity contribution >= 4 is 126 Å². The first-order valence-corrected chi connectivity index (χ1v) is 43.9. The van der Waals surface area contributed by atoms with E-state index >= 15 is 0 Å². The number of benzene rings is 5. The minimum atomic E-state index is -4.55. The molecule has 0 radical (unpaired) electrons. The molecule has 0 saturated carbocycles. The predicted molar refractivity (Wildman–Crippen MR) is 505 cm³/mol. The highest BCUT2D eigenvalue weighted by atomic mass is 32.2. The molecule has 0 atom stereocenters. The number of nitrogens with one attached hydrogen (secondary N) is 8. The molecular formula is C92H106F3N25O15S. The molecule has 5 amide bonds. The molecule has 716 valence electrons. The monoisotopic (exact) mass is 1890 g/mol. The second-order valence-corrected chi connectivity index (χ2v) is 34.5. The number of halogens is 3. The molecule has 0 aliphatic carbocycles. The minimum Gasteiger partial charge on any atom is -0.495 e. The first-order valence-electron chi connectivity index (χ1n) is 42.0. The quantitative estimate of drug-likeness (QED) is 0.0199. The van der Waals surface area contributed by atoms with Crippen molar-refractivity contribution in [1.82, 2.24) is 98.7 Å². The summed E-state index contributed by atoms with van der Waals surface area (Å²) in [6.07, 6.45) is 5.90. The van der Waals surface area contributed by atoms with E-state index in [1.165, 1.54) is 63.1 Å². The van der Waals surface area contributed by atoms with Crippen LogP contribution in [0.15, 0.2) is 188 Å². The maximum Gasteiger partial charge on any atom is 0.422 e. The van der Waals surface area contributed by atoms with Gasteiger partial charge in [0.2, 0.25) is 35.6 Å². The number of alkyl halides is 3. The molecule has 0 unspecified atom stereocenters. The summed E-state index contributed by atoms with van der Waals surface area (Å²) >= 11 is 0. The third-order valence-electron chi connectivity index (χ3n) is 19.8. The molecule has 0 bridgehead atoms. The Morgan fingerprint density at radius 1 is 0.426 bits per heavy atom. The number of nitrogens with zero attached hydrogens (tertiary/aromatic N) is 17. The van der Waals surface area contributed by atoms with Gasteiger partial charge < -0.3 is 91.3 Å². The number of hydrogen-bond acceptors (Lipinski definition) is 30. The number of aliphatic hydroxyl groups is 3. The Morgan fingerprint density at radius 2 is 0.735 bits per heavy atom. The van der Waals surface area contributed by atoms with E-state index in [0.717, 1.165) is 51.0 Å². The van der Waals surface area contributed by atoms with Gasteiger partial charge in [0.25, 0.3) is 23.6 Å². The van der Waals surface area contributed by atoms with Crippen LogP contribution in [0.5, 0.6) is 28.7 Å². The van der Waals surface area contributed by atoms with Crippen LogP contribution in [0.3, 0.4) is 0 Å². The average Bonchev–Trinajstić information content (AvgIpc) is 1.51. The molecule has 136 heavy (non-hydrogen) atoms. The highest BCUT2D eigenvalue weighted by Gasteiger charge is 2.30. The molecule has 0 aliphatic rings. The summed E-state index contributed by atoms with van der Waals surface area (Å²) in [4.78, 5) is 86.0. The van der Waals surface area contributed by atoms with E-state index in [0.29, 0.717) is 111 Å². The van der Waals surface area contributed by atoms with Crippen molar-refractivity contribution in [1.29, 1.82) is 0 Å². The van der Waals surface area contributed by atoms with Crippen LogP contribution in [0.1, 0.15) is 104 Å². The zero-order valence-electron chi connectivity index (χ0n) is 77.7. The van der Waals surface area contributed by atoms with Gasteiger partial charge in [0.1, 0.15) is 28.7 Å². The summed E-state index contributed by atoms with van der Waals surface area (Å²) in [7, 11) is 6.20. The summed E-state index contributed by atoms with van der Waals surface area (Å²) < 4.78 is 95.8. The number of carbonyl (C=O) groups excluding carboxylic acids is 5.